The fraction of sp³-hybridized carbons (Fsp3) is 0.350. The lowest BCUT2D eigenvalue weighted by Crippen LogP contribution is -2.30. The summed E-state index contributed by atoms with van der Waals surface area (Å²) in [4.78, 5) is 31.9. The molecular formula is C20H18F3N3O2S. The molecule has 152 valence electrons. The van der Waals surface area contributed by atoms with E-state index in [0.717, 1.165) is 43.4 Å². The van der Waals surface area contributed by atoms with Gasteiger partial charge in [-0.15, -0.1) is 11.3 Å². The molecule has 4 rings (SSSR count). The first-order valence-electron chi connectivity index (χ1n) is 9.23. The molecule has 1 N–H and O–H groups in total. The third kappa shape index (κ3) is 3.78. The summed E-state index contributed by atoms with van der Waals surface area (Å²) in [6.07, 6.45) is -0.632. The van der Waals surface area contributed by atoms with Gasteiger partial charge in [-0.2, -0.15) is 13.2 Å². The molecular weight excluding hydrogens is 403 g/mol. The molecule has 0 bridgehead atoms. The van der Waals surface area contributed by atoms with Gasteiger partial charge in [0.1, 0.15) is 17.2 Å². The molecule has 0 unspecified atom stereocenters. The molecule has 1 aromatic carbocycles. The third-order valence-electron chi connectivity index (χ3n) is 5.04. The van der Waals surface area contributed by atoms with Gasteiger partial charge in [-0.25, -0.2) is 4.98 Å². The van der Waals surface area contributed by atoms with Gasteiger partial charge < -0.3 is 5.32 Å². The second kappa shape index (κ2) is 7.29. The number of carbonyl (C=O) groups excluding carboxylic acids is 1. The zero-order chi connectivity index (χ0) is 20.8. The van der Waals surface area contributed by atoms with Crippen LogP contribution in [0.1, 0.15) is 34.7 Å². The highest BCUT2D eigenvalue weighted by Crippen LogP contribution is 2.34. The number of aryl methyl sites for hydroxylation is 3. The van der Waals surface area contributed by atoms with Crippen LogP contribution in [0.25, 0.3) is 10.2 Å². The number of nitrogens with one attached hydrogen (secondary N) is 1. The van der Waals surface area contributed by atoms with Crippen molar-refractivity contribution >= 4 is 33.1 Å². The smallest absolute Gasteiger partial charge is 0.325 e. The number of thiophene rings is 1. The maximum absolute atomic E-state index is 13.1. The fourth-order valence-electron chi connectivity index (χ4n) is 3.64. The van der Waals surface area contributed by atoms with Gasteiger partial charge >= 0.3 is 6.18 Å². The molecule has 2 heterocycles. The zero-order valence-corrected chi connectivity index (χ0v) is 16.4. The van der Waals surface area contributed by atoms with Gasteiger partial charge in [0.05, 0.1) is 10.9 Å². The molecule has 0 atom stereocenters. The lowest BCUT2D eigenvalue weighted by molar-refractivity contribution is -0.137. The Hall–Kier alpha value is -2.68. The predicted molar refractivity (Wildman–Crippen MR) is 105 cm³/mol. The SMILES string of the molecule is Cc1nc2sc3c(c2c(=O)n1CC(=O)Nc1cccc(C(F)(F)F)c1)CCCC3. The normalized spacial score (nSPS) is 14.1. The standard InChI is InChI=1S/C20H18F3N3O2S/c1-11-24-18-17(14-7-2-3-8-15(14)29-18)19(28)26(11)10-16(27)25-13-6-4-5-12(9-13)20(21,22)23/h4-6,9H,2-3,7-8,10H2,1H3,(H,25,27). The number of fused-ring (bicyclic) bond motifs is 3. The summed E-state index contributed by atoms with van der Waals surface area (Å²) in [6, 6.07) is 4.40. The molecule has 0 saturated heterocycles. The Bertz CT molecular complexity index is 1160. The lowest BCUT2D eigenvalue weighted by Gasteiger charge is -2.13. The second-order valence-electron chi connectivity index (χ2n) is 7.07. The molecule has 0 radical (unpaired) electrons. The number of halogens is 3. The number of amides is 1. The molecule has 2 aromatic heterocycles. The zero-order valence-electron chi connectivity index (χ0n) is 15.6. The van der Waals surface area contributed by atoms with E-state index in [0.29, 0.717) is 16.0 Å². The van der Waals surface area contributed by atoms with E-state index in [9.17, 15) is 22.8 Å². The third-order valence-corrected chi connectivity index (χ3v) is 6.23. The molecule has 1 aliphatic carbocycles. The van der Waals surface area contributed by atoms with E-state index in [1.165, 1.54) is 32.9 Å². The van der Waals surface area contributed by atoms with Crippen molar-refractivity contribution in [3.05, 3.63) is 56.4 Å². The quantitative estimate of drug-likeness (QED) is 0.686. The van der Waals surface area contributed by atoms with Gasteiger partial charge in [0.2, 0.25) is 5.91 Å². The van der Waals surface area contributed by atoms with Gasteiger partial charge in [0, 0.05) is 10.6 Å². The van der Waals surface area contributed by atoms with Gasteiger partial charge in [-0.3, -0.25) is 14.2 Å². The number of carbonyl (C=O) groups is 1. The van der Waals surface area contributed by atoms with Crippen LogP contribution in [0.4, 0.5) is 18.9 Å². The van der Waals surface area contributed by atoms with Crippen molar-refractivity contribution in [2.24, 2.45) is 0 Å². The van der Waals surface area contributed by atoms with Crippen LogP contribution in [0.15, 0.2) is 29.1 Å². The second-order valence-corrected chi connectivity index (χ2v) is 8.15. The highest BCUT2D eigenvalue weighted by atomic mass is 32.1. The van der Waals surface area contributed by atoms with E-state index in [1.54, 1.807) is 6.92 Å². The summed E-state index contributed by atoms with van der Waals surface area (Å²) in [5.41, 5.74) is -0.0685. The van der Waals surface area contributed by atoms with Crippen LogP contribution < -0.4 is 10.9 Å². The van der Waals surface area contributed by atoms with E-state index in [4.69, 9.17) is 0 Å². The number of hydrogen-bond donors (Lipinski definition) is 1. The molecule has 3 aromatic rings. The summed E-state index contributed by atoms with van der Waals surface area (Å²) in [6.45, 7) is 1.34. The number of aromatic nitrogens is 2. The monoisotopic (exact) mass is 421 g/mol. The van der Waals surface area contributed by atoms with Crippen molar-refractivity contribution in [3.63, 3.8) is 0 Å². The molecule has 1 aliphatic rings. The van der Waals surface area contributed by atoms with E-state index in [2.05, 4.69) is 10.3 Å². The topological polar surface area (TPSA) is 64.0 Å². The maximum atomic E-state index is 13.1. The van der Waals surface area contributed by atoms with Crippen LogP contribution in [-0.2, 0) is 30.4 Å². The number of anilines is 1. The van der Waals surface area contributed by atoms with Crippen molar-refractivity contribution in [3.8, 4) is 0 Å². The van der Waals surface area contributed by atoms with E-state index in [-0.39, 0.29) is 17.8 Å². The van der Waals surface area contributed by atoms with Crippen LogP contribution in [0, 0.1) is 6.92 Å². The Morgan fingerprint density at radius 2 is 2.03 bits per heavy atom. The van der Waals surface area contributed by atoms with Crippen LogP contribution in [0.2, 0.25) is 0 Å². The van der Waals surface area contributed by atoms with Crippen LogP contribution >= 0.6 is 11.3 Å². The Balaban J connectivity index is 1.63. The van der Waals surface area contributed by atoms with Gasteiger partial charge in [-0.1, -0.05) is 6.07 Å². The molecule has 29 heavy (non-hydrogen) atoms. The Morgan fingerprint density at radius 1 is 1.28 bits per heavy atom. The van der Waals surface area contributed by atoms with Crippen LogP contribution in [-0.4, -0.2) is 15.5 Å². The average Bonchev–Trinajstić information content (AvgIpc) is 3.02. The predicted octanol–water partition coefficient (Wildman–Crippen LogP) is 4.30. The minimum Gasteiger partial charge on any atom is -0.325 e. The first-order valence-corrected chi connectivity index (χ1v) is 10.0. The van der Waals surface area contributed by atoms with Crippen molar-refractivity contribution in [1.29, 1.82) is 0 Å². The first-order chi connectivity index (χ1) is 13.7. The molecule has 5 nitrogen and oxygen atoms in total. The van der Waals surface area contributed by atoms with Crippen molar-refractivity contribution in [2.45, 2.75) is 45.3 Å². The summed E-state index contributed by atoms with van der Waals surface area (Å²) in [5, 5.41) is 3.01. The van der Waals surface area contributed by atoms with Gasteiger partial charge in [-0.05, 0) is 56.4 Å². The fourth-order valence-corrected chi connectivity index (χ4v) is 4.94. The highest BCUT2D eigenvalue weighted by Gasteiger charge is 2.30. The molecule has 0 saturated carbocycles. The van der Waals surface area contributed by atoms with Crippen molar-refractivity contribution in [2.75, 3.05) is 5.32 Å². The molecule has 1 amide bonds. The number of rotatable bonds is 3. The minimum absolute atomic E-state index is 0.0254. The van der Waals surface area contributed by atoms with Crippen molar-refractivity contribution in [1.82, 2.24) is 9.55 Å². The molecule has 0 aliphatic heterocycles. The van der Waals surface area contributed by atoms with Gasteiger partial charge in [0.25, 0.3) is 5.56 Å². The van der Waals surface area contributed by atoms with E-state index in [1.807, 2.05) is 0 Å². The summed E-state index contributed by atoms with van der Waals surface area (Å²) in [7, 11) is 0. The largest absolute Gasteiger partial charge is 0.416 e. The Kier molecular flexibility index (Phi) is 4.94. The Morgan fingerprint density at radius 3 is 2.79 bits per heavy atom. The highest BCUT2D eigenvalue weighted by molar-refractivity contribution is 7.18. The number of benzene rings is 1. The molecule has 0 fully saturated rings. The Labute approximate surface area is 168 Å². The van der Waals surface area contributed by atoms with E-state index >= 15 is 0 Å². The summed E-state index contributed by atoms with van der Waals surface area (Å²) in [5.74, 6) is -0.180. The summed E-state index contributed by atoms with van der Waals surface area (Å²) < 4.78 is 39.8. The number of alkyl halides is 3. The van der Waals surface area contributed by atoms with Gasteiger partial charge in [0.15, 0.2) is 0 Å². The number of hydrogen-bond acceptors (Lipinski definition) is 4. The van der Waals surface area contributed by atoms with Crippen molar-refractivity contribution < 1.29 is 18.0 Å². The van der Waals surface area contributed by atoms with E-state index < -0.39 is 17.6 Å². The molecule has 0 spiro atoms. The van der Waals surface area contributed by atoms with Crippen LogP contribution in [0.3, 0.4) is 0 Å². The minimum atomic E-state index is -4.50. The van der Waals surface area contributed by atoms with Crippen LogP contribution in [0.5, 0.6) is 0 Å². The molecule has 9 heteroatoms. The maximum Gasteiger partial charge on any atom is 0.416 e. The lowest BCUT2D eigenvalue weighted by atomic mass is 9.97. The summed E-state index contributed by atoms with van der Waals surface area (Å²) >= 11 is 1.53. The number of nitrogens with zero attached hydrogens (tertiary/aromatic N) is 2. The first kappa shape index (κ1) is 19.6. The average molecular weight is 421 g/mol.